The summed E-state index contributed by atoms with van der Waals surface area (Å²) >= 11 is 7.80. The average Bonchev–Trinajstić information content (AvgIpc) is 2.65. The summed E-state index contributed by atoms with van der Waals surface area (Å²) < 4.78 is 14.0. The molecule has 0 fully saturated rings. The molecule has 0 saturated heterocycles. The largest absolute Gasteiger partial charge is 0.217 e. The van der Waals surface area contributed by atoms with Crippen LogP contribution < -0.4 is 0 Å². The summed E-state index contributed by atoms with van der Waals surface area (Å²) in [6.45, 7) is 5.86. The van der Waals surface area contributed by atoms with Crippen molar-refractivity contribution in [3.8, 4) is 11.4 Å². The molecule has 5 heteroatoms. The third-order valence-electron chi connectivity index (χ3n) is 3.35. The van der Waals surface area contributed by atoms with E-state index in [1.54, 1.807) is 17.4 Å². The maximum atomic E-state index is 14.0. The minimum Gasteiger partial charge on any atom is -0.217 e. The van der Waals surface area contributed by atoms with E-state index in [0.717, 1.165) is 26.2 Å². The van der Waals surface area contributed by atoms with Crippen LogP contribution in [0.2, 0.25) is 5.15 Å². The lowest BCUT2D eigenvalue weighted by Crippen LogP contribution is -1.93. The molecule has 2 nitrogen and oxygen atoms in total. The number of aryl methyl sites for hydroxylation is 3. The zero-order chi connectivity index (χ0) is 14.4. The zero-order valence-corrected chi connectivity index (χ0v) is 12.9. The Morgan fingerprint density at radius 2 is 1.90 bits per heavy atom. The van der Waals surface area contributed by atoms with Crippen LogP contribution in [0.15, 0.2) is 18.2 Å². The number of halogens is 2. The van der Waals surface area contributed by atoms with Crippen LogP contribution in [-0.4, -0.2) is 9.97 Å². The minimum atomic E-state index is -0.328. The molecule has 0 aliphatic rings. The number of benzene rings is 1. The molecule has 0 aliphatic carbocycles. The van der Waals surface area contributed by atoms with Gasteiger partial charge in [-0.3, -0.25) is 0 Å². The molecule has 0 atom stereocenters. The Morgan fingerprint density at radius 1 is 1.15 bits per heavy atom. The summed E-state index contributed by atoms with van der Waals surface area (Å²) in [5, 5.41) is 1.25. The molecule has 0 bridgehead atoms. The Hall–Kier alpha value is -1.52. The second-order valence-electron chi connectivity index (χ2n) is 4.78. The van der Waals surface area contributed by atoms with Gasteiger partial charge in [-0.05, 0) is 44.0 Å². The highest BCUT2D eigenvalue weighted by Crippen LogP contribution is 2.35. The van der Waals surface area contributed by atoms with Gasteiger partial charge in [-0.15, -0.1) is 11.3 Å². The average molecular weight is 307 g/mol. The molecule has 3 rings (SSSR count). The number of aromatic nitrogens is 2. The quantitative estimate of drug-likeness (QED) is 0.586. The predicted octanol–water partition coefficient (Wildman–Crippen LogP) is 5.08. The molecular formula is C15H12ClFN2S. The lowest BCUT2D eigenvalue weighted by molar-refractivity contribution is 0.629. The van der Waals surface area contributed by atoms with Crippen molar-refractivity contribution in [2.75, 3.05) is 0 Å². The van der Waals surface area contributed by atoms with E-state index in [1.165, 1.54) is 6.07 Å². The van der Waals surface area contributed by atoms with Crippen LogP contribution >= 0.6 is 22.9 Å². The lowest BCUT2D eigenvalue weighted by atomic mass is 10.1. The SMILES string of the molecule is Cc1ccc(-c2nc(Cl)c3c(C)c(C)sc3n2)c(F)c1. The van der Waals surface area contributed by atoms with Crippen molar-refractivity contribution in [3.05, 3.63) is 45.2 Å². The Labute approximate surface area is 125 Å². The van der Waals surface area contributed by atoms with Crippen LogP contribution in [0.5, 0.6) is 0 Å². The normalized spacial score (nSPS) is 11.2. The summed E-state index contributed by atoms with van der Waals surface area (Å²) in [5.74, 6) is 0.00617. The van der Waals surface area contributed by atoms with Crippen LogP contribution in [0.1, 0.15) is 16.0 Å². The lowest BCUT2D eigenvalue weighted by Gasteiger charge is -2.04. The van der Waals surface area contributed by atoms with Crippen LogP contribution in [0, 0.1) is 26.6 Å². The van der Waals surface area contributed by atoms with Crippen molar-refractivity contribution < 1.29 is 4.39 Å². The Bertz CT molecular complexity index is 826. The summed E-state index contributed by atoms with van der Waals surface area (Å²) in [6, 6.07) is 5.00. The summed E-state index contributed by atoms with van der Waals surface area (Å²) in [4.78, 5) is 10.7. The molecule has 2 aromatic heterocycles. The number of nitrogens with zero attached hydrogens (tertiary/aromatic N) is 2. The van der Waals surface area contributed by atoms with Gasteiger partial charge >= 0.3 is 0 Å². The summed E-state index contributed by atoms with van der Waals surface area (Å²) in [7, 11) is 0. The molecule has 2 heterocycles. The highest BCUT2D eigenvalue weighted by atomic mass is 35.5. The van der Waals surface area contributed by atoms with E-state index < -0.39 is 0 Å². The van der Waals surface area contributed by atoms with Gasteiger partial charge in [-0.25, -0.2) is 14.4 Å². The van der Waals surface area contributed by atoms with Crippen molar-refractivity contribution in [2.45, 2.75) is 20.8 Å². The number of hydrogen-bond acceptors (Lipinski definition) is 3. The summed E-state index contributed by atoms with van der Waals surface area (Å²) in [6.07, 6.45) is 0. The fourth-order valence-corrected chi connectivity index (χ4v) is 3.52. The monoisotopic (exact) mass is 306 g/mol. The molecule has 0 radical (unpaired) electrons. The topological polar surface area (TPSA) is 25.8 Å². The van der Waals surface area contributed by atoms with Gasteiger partial charge in [0.2, 0.25) is 0 Å². The number of hydrogen-bond donors (Lipinski definition) is 0. The van der Waals surface area contributed by atoms with E-state index >= 15 is 0 Å². The smallest absolute Gasteiger partial charge is 0.165 e. The molecule has 0 N–H and O–H groups in total. The number of thiophene rings is 1. The molecular weight excluding hydrogens is 295 g/mol. The maximum Gasteiger partial charge on any atom is 0.165 e. The first kappa shape index (κ1) is 13.5. The zero-order valence-electron chi connectivity index (χ0n) is 11.3. The number of rotatable bonds is 1. The van der Waals surface area contributed by atoms with Crippen LogP contribution in [0.3, 0.4) is 0 Å². The highest BCUT2D eigenvalue weighted by Gasteiger charge is 2.16. The fourth-order valence-electron chi connectivity index (χ4n) is 2.12. The second-order valence-corrected chi connectivity index (χ2v) is 6.35. The Kier molecular flexibility index (Phi) is 3.22. The van der Waals surface area contributed by atoms with E-state index in [2.05, 4.69) is 9.97 Å². The van der Waals surface area contributed by atoms with Crippen molar-refractivity contribution in [3.63, 3.8) is 0 Å². The molecule has 20 heavy (non-hydrogen) atoms. The first-order valence-electron chi connectivity index (χ1n) is 6.17. The molecule has 0 aliphatic heterocycles. The van der Waals surface area contributed by atoms with Gasteiger partial charge in [0.25, 0.3) is 0 Å². The molecule has 0 saturated carbocycles. The number of fused-ring (bicyclic) bond motifs is 1. The minimum absolute atomic E-state index is 0.328. The predicted molar refractivity (Wildman–Crippen MR) is 82.0 cm³/mol. The van der Waals surface area contributed by atoms with Gasteiger partial charge in [-0.1, -0.05) is 17.7 Å². The van der Waals surface area contributed by atoms with E-state index in [4.69, 9.17) is 11.6 Å². The van der Waals surface area contributed by atoms with Crippen molar-refractivity contribution >= 4 is 33.2 Å². The summed E-state index contributed by atoms with van der Waals surface area (Å²) in [5.41, 5.74) is 2.33. The fraction of sp³-hybridized carbons (Fsp3) is 0.200. The van der Waals surface area contributed by atoms with E-state index in [9.17, 15) is 4.39 Å². The van der Waals surface area contributed by atoms with Gasteiger partial charge < -0.3 is 0 Å². The van der Waals surface area contributed by atoms with Crippen molar-refractivity contribution in [2.24, 2.45) is 0 Å². The van der Waals surface area contributed by atoms with Gasteiger partial charge in [0.05, 0.1) is 10.9 Å². The first-order valence-corrected chi connectivity index (χ1v) is 7.36. The van der Waals surface area contributed by atoms with Gasteiger partial charge in [0.15, 0.2) is 5.82 Å². The molecule has 0 unspecified atom stereocenters. The first-order chi connectivity index (χ1) is 9.47. The Morgan fingerprint density at radius 3 is 2.60 bits per heavy atom. The third-order valence-corrected chi connectivity index (χ3v) is 4.72. The molecule has 0 amide bonds. The van der Waals surface area contributed by atoms with Crippen LogP contribution in [-0.2, 0) is 0 Å². The van der Waals surface area contributed by atoms with Gasteiger partial charge in [0.1, 0.15) is 15.8 Å². The van der Waals surface area contributed by atoms with Gasteiger partial charge in [0, 0.05) is 4.88 Å². The van der Waals surface area contributed by atoms with Crippen LogP contribution in [0.4, 0.5) is 4.39 Å². The maximum absolute atomic E-state index is 14.0. The van der Waals surface area contributed by atoms with Crippen LogP contribution in [0.25, 0.3) is 21.6 Å². The molecule has 0 spiro atoms. The van der Waals surface area contributed by atoms with Crippen molar-refractivity contribution in [1.82, 2.24) is 9.97 Å². The van der Waals surface area contributed by atoms with Gasteiger partial charge in [-0.2, -0.15) is 0 Å². The molecule has 3 aromatic rings. The Balaban J connectivity index is 2.27. The highest BCUT2D eigenvalue weighted by molar-refractivity contribution is 7.18. The van der Waals surface area contributed by atoms with E-state index in [0.29, 0.717) is 16.5 Å². The van der Waals surface area contributed by atoms with E-state index in [1.807, 2.05) is 26.8 Å². The standard InChI is InChI=1S/C15H12ClFN2S/c1-7-4-5-10(11(17)6-7)14-18-13(16)12-8(2)9(3)20-15(12)19-14/h4-6H,1-3H3. The van der Waals surface area contributed by atoms with Crippen molar-refractivity contribution in [1.29, 1.82) is 0 Å². The second kappa shape index (κ2) is 4.79. The molecule has 102 valence electrons. The molecule has 1 aromatic carbocycles. The van der Waals surface area contributed by atoms with E-state index in [-0.39, 0.29) is 5.82 Å². The third kappa shape index (κ3) is 2.09.